The predicted molar refractivity (Wildman–Crippen MR) is 79.2 cm³/mol. The van der Waals surface area contributed by atoms with Crippen LogP contribution in [0.5, 0.6) is 5.88 Å². The second kappa shape index (κ2) is 4.75. The van der Waals surface area contributed by atoms with E-state index in [-0.39, 0.29) is 6.04 Å². The van der Waals surface area contributed by atoms with Gasteiger partial charge < -0.3 is 10.5 Å². The SMILES string of the molecule is COc1ccc2nc(N)n(C(C)c3nc(C)cs3)c2n1. The average molecular weight is 289 g/mol. The number of thiazole rings is 1. The molecular weight excluding hydrogens is 274 g/mol. The zero-order valence-electron chi connectivity index (χ0n) is 11.5. The van der Waals surface area contributed by atoms with Gasteiger partial charge in [0.05, 0.1) is 13.2 Å². The van der Waals surface area contributed by atoms with Gasteiger partial charge in [-0.1, -0.05) is 0 Å². The van der Waals surface area contributed by atoms with Crippen molar-refractivity contribution in [2.75, 3.05) is 12.8 Å². The Morgan fingerprint density at radius 1 is 1.30 bits per heavy atom. The van der Waals surface area contributed by atoms with E-state index in [1.54, 1.807) is 24.5 Å². The van der Waals surface area contributed by atoms with Crippen LogP contribution in [0.1, 0.15) is 23.7 Å². The van der Waals surface area contributed by atoms with Crippen LogP contribution in [0.15, 0.2) is 17.5 Å². The van der Waals surface area contributed by atoms with Gasteiger partial charge in [-0.15, -0.1) is 11.3 Å². The van der Waals surface area contributed by atoms with Crippen LogP contribution in [0.4, 0.5) is 5.95 Å². The number of anilines is 1. The van der Waals surface area contributed by atoms with Crippen LogP contribution in [-0.4, -0.2) is 26.6 Å². The van der Waals surface area contributed by atoms with Crippen molar-refractivity contribution in [3.05, 3.63) is 28.2 Å². The molecule has 104 valence electrons. The average Bonchev–Trinajstić information content (AvgIpc) is 3.00. The highest BCUT2D eigenvalue weighted by Crippen LogP contribution is 2.29. The van der Waals surface area contributed by atoms with E-state index in [2.05, 4.69) is 15.0 Å². The summed E-state index contributed by atoms with van der Waals surface area (Å²) in [5, 5.41) is 3.01. The molecule has 7 heteroatoms. The summed E-state index contributed by atoms with van der Waals surface area (Å²) in [5.74, 6) is 0.974. The minimum atomic E-state index is -0.0155. The molecule has 3 aromatic heterocycles. The van der Waals surface area contributed by atoms with Crippen molar-refractivity contribution in [3.63, 3.8) is 0 Å². The van der Waals surface area contributed by atoms with Gasteiger partial charge in [-0.05, 0) is 19.9 Å². The van der Waals surface area contributed by atoms with Crippen molar-refractivity contribution in [1.82, 2.24) is 19.5 Å². The predicted octanol–water partition coefficient (Wildman–Crippen LogP) is 2.40. The highest BCUT2D eigenvalue weighted by atomic mass is 32.1. The smallest absolute Gasteiger partial charge is 0.215 e. The number of nitrogen functional groups attached to an aromatic ring is 1. The molecule has 6 nitrogen and oxygen atoms in total. The van der Waals surface area contributed by atoms with E-state index in [4.69, 9.17) is 10.5 Å². The number of fused-ring (bicyclic) bond motifs is 1. The summed E-state index contributed by atoms with van der Waals surface area (Å²) in [6.45, 7) is 4.01. The molecule has 3 heterocycles. The van der Waals surface area contributed by atoms with Crippen LogP contribution in [0.25, 0.3) is 11.2 Å². The molecule has 0 aliphatic carbocycles. The standard InChI is InChI=1S/C13H15N5OS/c1-7-6-20-12(15-7)8(2)18-11-9(16-13(18)14)4-5-10(17-11)19-3/h4-6,8H,1-3H3,(H2,14,16). The van der Waals surface area contributed by atoms with Gasteiger partial charge in [-0.25, -0.2) is 9.97 Å². The largest absolute Gasteiger partial charge is 0.481 e. The molecule has 0 aliphatic heterocycles. The third-order valence-corrected chi connectivity index (χ3v) is 4.26. The second-order valence-corrected chi connectivity index (χ2v) is 5.43. The first-order chi connectivity index (χ1) is 9.60. The number of aryl methyl sites for hydroxylation is 1. The van der Waals surface area contributed by atoms with Crippen LogP contribution < -0.4 is 10.5 Å². The number of imidazole rings is 1. The summed E-state index contributed by atoms with van der Waals surface area (Å²) in [4.78, 5) is 13.3. The normalized spacial score (nSPS) is 12.8. The summed E-state index contributed by atoms with van der Waals surface area (Å²) in [7, 11) is 1.59. The Morgan fingerprint density at radius 2 is 2.10 bits per heavy atom. The van der Waals surface area contributed by atoms with E-state index in [0.29, 0.717) is 17.5 Å². The fourth-order valence-electron chi connectivity index (χ4n) is 2.14. The van der Waals surface area contributed by atoms with E-state index in [9.17, 15) is 0 Å². The number of methoxy groups -OCH3 is 1. The Kier molecular flexibility index (Phi) is 3.06. The molecular formula is C13H15N5OS. The maximum atomic E-state index is 6.04. The first-order valence-corrected chi connectivity index (χ1v) is 7.08. The lowest BCUT2D eigenvalue weighted by Gasteiger charge is -2.12. The number of hydrogen-bond donors (Lipinski definition) is 1. The summed E-state index contributed by atoms with van der Waals surface area (Å²) >= 11 is 1.61. The molecule has 0 spiro atoms. The molecule has 1 unspecified atom stereocenters. The van der Waals surface area contributed by atoms with Gasteiger partial charge in [-0.3, -0.25) is 4.57 Å². The summed E-state index contributed by atoms with van der Waals surface area (Å²) < 4.78 is 7.06. The molecule has 0 amide bonds. The van der Waals surface area contributed by atoms with E-state index in [1.165, 1.54) is 0 Å². The van der Waals surface area contributed by atoms with Crippen LogP contribution in [0, 0.1) is 6.92 Å². The second-order valence-electron chi connectivity index (χ2n) is 4.54. The molecule has 20 heavy (non-hydrogen) atoms. The minimum absolute atomic E-state index is 0.0155. The van der Waals surface area contributed by atoms with Crippen molar-refractivity contribution in [1.29, 1.82) is 0 Å². The van der Waals surface area contributed by atoms with E-state index in [0.717, 1.165) is 16.2 Å². The number of pyridine rings is 1. The van der Waals surface area contributed by atoms with Crippen molar-refractivity contribution in [2.24, 2.45) is 0 Å². The van der Waals surface area contributed by atoms with Gasteiger partial charge in [0, 0.05) is 17.1 Å². The lowest BCUT2D eigenvalue weighted by atomic mass is 10.3. The number of rotatable bonds is 3. The number of aromatic nitrogens is 4. The Bertz CT molecular complexity index is 763. The van der Waals surface area contributed by atoms with Crippen LogP contribution in [0.3, 0.4) is 0 Å². The molecule has 0 bridgehead atoms. The van der Waals surface area contributed by atoms with E-state index in [1.807, 2.05) is 29.9 Å². The molecule has 3 rings (SSSR count). The zero-order valence-corrected chi connectivity index (χ0v) is 12.3. The molecule has 0 saturated heterocycles. The zero-order chi connectivity index (χ0) is 14.3. The molecule has 0 radical (unpaired) electrons. The maximum absolute atomic E-state index is 6.04. The molecule has 3 aromatic rings. The highest BCUT2D eigenvalue weighted by Gasteiger charge is 2.19. The van der Waals surface area contributed by atoms with Gasteiger partial charge in [0.1, 0.15) is 10.5 Å². The van der Waals surface area contributed by atoms with Gasteiger partial charge in [0.15, 0.2) is 5.65 Å². The molecule has 0 aromatic carbocycles. The molecule has 0 saturated carbocycles. The molecule has 1 atom stereocenters. The fourth-order valence-corrected chi connectivity index (χ4v) is 2.99. The van der Waals surface area contributed by atoms with E-state index >= 15 is 0 Å². The van der Waals surface area contributed by atoms with Crippen molar-refractivity contribution in [3.8, 4) is 5.88 Å². The molecule has 0 fully saturated rings. The summed E-state index contributed by atoms with van der Waals surface area (Å²) in [6, 6.07) is 3.61. The number of ether oxygens (including phenoxy) is 1. The Balaban J connectivity index is 2.16. The summed E-state index contributed by atoms with van der Waals surface area (Å²) in [5.41, 5.74) is 8.51. The van der Waals surface area contributed by atoms with Gasteiger partial charge >= 0.3 is 0 Å². The lowest BCUT2D eigenvalue weighted by molar-refractivity contribution is 0.399. The van der Waals surface area contributed by atoms with Crippen molar-refractivity contribution in [2.45, 2.75) is 19.9 Å². The van der Waals surface area contributed by atoms with Gasteiger partial charge in [-0.2, -0.15) is 4.98 Å². The monoisotopic (exact) mass is 289 g/mol. The van der Waals surface area contributed by atoms with Crippen LogP contribution in [0.2, 0.25) is 0 Å². The van der Waals surface area contributed by atoms with Gasteiger partial charge in [0.2, 0.25) is 11.8 Å². The van der Waals surface area contributed by atoms with Gasteiger partial charge in [0.25, 0.3) is 0 Å². The minimum Gasteiger partial charge on any atom is -0.481 e. The third kappa shape index (κ3) is 2.00. The molecule has 2 N–H and O–H groups in total. The lowest BCUT2D eigenvalue weighted by Crippen LogP contribution is -2.10. The topological polar surface area (TPSA) is 78.9 Å². The fraction of sp³-hybridized carbons (Fsp3) is 0.308. The molecule has 0 aliphatic rings. The number of nitrogens with zero attached hydrogens (tertiary/aromatic N) is 4. The highest BCUT2D eigenvalue weighted by molar-refractivity contribution is 7.09. The third-order valence-electron chi connectivity index (χ3n) is 3.13. The quantitative estimate of drug-likeness (QED) is 0.801. The Morgan fingerprint density at radius 3 is 2.75 bits per heavy atom. The first kappa shape index (κ1) is 12.9. The summed E-state index contributed by atoms with van der Waals surface area (Å²) in [6.07, 6.45) is 0. The van der Waals surface area contributed by atoms with Crippen LogP contribution >= 0.6 is 11.3 Å². The first-order valence-electron chi connectivity index (χ1n) is 6.20. The van der Waals surface area contributed by atoms with Crippen molar-refractivity contribution >= 4 is 28.4 Å². The van der Waals surface area contributed by atoms with Crippen LogP contribution in [-0.2, 0) is 0 Å². The number of nitrogens with two attached hydrogens (primary N) is 1. The Labute approximate surface area is 120 Å². The Hall–Kier alpha value is -2.15. The van der Waals surface area contributed by atoms with Crippen molar-refractivity contribution < 1.29 is 4.74 Å². The maximum Gasteiger partial charge on any atom is 0.215 e. The van der Waals surface area contributed by atoms with E-state index < -0.39 is 0 Å². The number of hydrogen-bond acceptors (Lipinski definition) is 6.